The molecular weight excluding hydrogens is 938 g/mol. The maximum absolute atomic E-state index is 11.9. The number of rotatable bonds is 26. The van der Waals surface area contributed by atoms with Gasteiger partial charge in [-0.25, -0.2) is 10.5 Å². The molecule has 4 N–H and O–H groups in total. The number of carboxylic acids is 1. The Morgan fingerprint density at radius 2 is 1.60 bits per heavy atom. The largest absolute Gasteiger partial charge is 0.481 e. The predicted molar refractivity (Wildman–Crippen MR) is 269 cm³/mol. The quantitative estimate of drug-likeness (QED) is 0.0149. The highest BCUT2D eigenvalue weighted by Crippen LogP contribution is 2.50. The first-order valence-corrected chi connectivity index (χ1v) is 26.6. The Bertz CT molecular complexity index is 2490. The molecule has 0 spiro atoms. The molecule has 0 unspecified atom stereocenters. The van der Waals surface area contributed by atoms with Crippen molar-refractivity contribution in [1.29, 1.82) is 0 Å². The second-order valence-electron chi connectivity index (χ2n) is 18.1. The third-order valence-corrected chi connectivity index (χ3v) is 15.4. The van der Waals surface area contributed by atoms with Gasteiger partial charge in [0.1, 0.15) is 6.54 Å². The average Bonchev–Trinajstić information content (AvgIpc) is 3.64. The number of carbonyl (C=O) groups is 1. The number of benzene rings is 3. The van der Waals surface area contributed by atoms with Gasteiger partial charge in [0.05, 0.1) is 11.2 Å². The molecule has 364 valence electrons. The van der Waals surface area contributed by atoms with Crippen LogP contribution in [0.25, 0.3) is 10.8 Å². The zero-order valence-corrected chi connectivity index (χ0v) is 41.8. The van der Waals surface area contributed by atoms with Gasteiger partial charge in [-0.2, -0.15) is 13.0 Å². The van der Waals surface area contributed by atoms with Crippen LogP contribution in [0.15, 0.2) is 101 Å². The summed E-state index contributed by atoms with van der Waals surface area (Å²) >= 11 is 9.36. The molecule has 18 heteroatoms. The van der Waals surface area contributed by atoms with Gasteiger partial charge in [-0.3, -0.25) is 9.35 Å². The van der Waals surface area contributed by atoms with Gasteiger partial charge in [0.15, 0.2) is 5.71 Å². The van der Waals surface area contributed by atoms with Crippen LogP contribution in [0, 0.1) is 0 Å². The van der Waals surface area contributed by atoms with E-state index in [1.54, 1.807) is 0 Å². The lowest BCUT2D eigenvalue weighted by Gasteiger charge is -2.27. The minimum absolute atomic E-state index is 0.167. The van der Waals surface area contributed by atoms with E-state index in [0.29, 0.717) is 42.6 Å². The fraction of sp³-hybridized carbons (Fsp3) is 0.469. The van der Waals surface area contributed by atoms with E-state index in [2.05, 4.69) is 140 Å². The van der Waals surface area contributed by atoms with Crippen LogP contribution in [0.5, 0.6) is 0 Å². The summed E-state index contributed by atoms with van der Waals surface area (Å²) in [4.78, 5) is 15.6. The normalized spacial score (nSPS) is 18.0. The summed E-state index contributed by atoms with van der Waals surface area (Å²) in [6.45, 7) is 11.3. The maximum Gasteiger partial charge on any atom is 0.303 e. The van der Waals surface area contributed by atoms with Gasteiger partial charge in [-0.15, -0.1) is 8.67 Å². The molecule has 0 amide bonds. The van der Waals surface area contributed by atoms with Crippen LogP contribution in [0.1, 0.15) is 103 Å². The molecule has 0 radical (unpaired) electrons. The maximum atomic E-state index is 11.9. The highest BCUT2D eigenvalue weighted by molar-refractivity contribution is 7.94. The van der Waals surface area contributed by atoms with E-state index < -0.39 is 21.5 Å². The molecule has 2 heterocycles. The number of anilines is 2. The molecule has 2 aliphatic heterocycles. The third kappa shape index (κ3) is 13.3. The predicted octanol–water partition coefficient (Wildman–Crippen LogP) is 11.7. The number of allylic oxidation sites excluding steroid dienone is 8. The minimum atomic E-state index is -4.17. The van der Waals surface area contributed by atoms with Gasteiger partial charge >= 0.3 is 5.97 Å². The van der Waals surface area contributed by atoms with Crippen molar-refractivity contribution >= 4 is 85.3 Å². The minimum Gasteiger partial charge on any atom is -0.481 e. The molecule has 0 saturated heterocycles. The number of hydrogen-bond donors (Lipinski definition) is 4. The number of halogens is 1. The average molecular weight is 1000 g/mol. The summed E-state index contributed by atoms with van der Waals surface area (Å²) in [5.41, 5.74) is 8.85. The van der Waals surface area contributed by atoms with Crippen LogP contribution in [-0.4, -0.2) is 88.3 Å². The molecule has 67 heavy (non-hydrogen) atoms. The lowest BCUT2D eigenvalue weighted by Crippen LogP contribution is -2.28. The summed E-state index contributed by atoms with van der Waals surface area (Å²) in [6.07, 6.45) is 15.3. The smallest absolute Gasteiger partial charge is 0.303 e. The van der Waals surface area contributed by atoms with E-state index in [9.17, 15) is 22.9 Å². The van der Waals surface area contributed by atoms with Gasteiger partial charge in [0.2, 0.25) is 5.69 Å². The first-order chi connectivity index (χ1) is 32.1. The summed E-state index contributed by atoms with van der Waals surface area (Å²) in [7, 11) is -4.17. The van der Waals surface area contributed by atoms with E-state index in [4.69, 9.17) is 22.1 Å². The summed E-state index contributed by atoms with van der Waals surface area (Å²) in [5, 5.41) is 36.9. The number of carboxylic acid groups (broad SMARTS) is 1. The van der Waals surface area contributed by atoms with E-state index >= 15 is 0 Å². The van der Waals surface area contributed by atoms with Gasteiger partial charge in [0.25, 0.3) is 10.1 Å². The van der Waals surface area contributed by atoms with Crippen molar-refractivity contribution in [3.05, 3.63) is 112 Å². The van der Waals surface area contributed by atoms with E-state index in [1.807, 2.05) is 0 Å². The highest BCUT2D eigenvalue weighted by atomic mass is 35.5. The Kier molecular flexibility index (Phi) is 19.0. The molecule has 3 aromatic carbocycles. The van der Waals surface area contributed by atoms with Crippen molar-refractivity contribution in [3.8, 4) is 0 Å². The second kappa shape index (κ2) is 24.2. The van der Waals surface area contributed by atoms with Crippen LogP contribution < -0.4 is 9.80 Å². The summed E-state index contributed by atoms with van der Waals surface area (Å²) in [5.74, 6) is 0.00521. The van der Waals surface area contributed by atoms with Crippen LogP contribution in [-0.2, 0) is 44.5 Å². The van der Waals surface area contributed by atoms with E-state index in [1.165, 1.54) is 27.7 Å². The number of fused-ring (bicyclic) bond motifs is 4. The first kappa shape index (κ1) is 52.6. The molecule has 3 aliphatic rings. The molecule has 0 atom stereocenters. The Morgan fingerprint density at radius 3 is 2.28 bits per heavy atom. The Morgan fingerprint density at radius 1 is 0.881 bits per heavy atom. The van der Waals surface area contributed by atoms with Crippen molar-refractivity contribution in [3.63, 3.8) is 0 Å². The van der Waals surface area contributed by atoms with Crippen LogP contribution >= 0.6 is 35.7 Å². The zero-order chi connectivity index (χ0) is 48.2. The van der Waals surface area contributed by atoms with Crippen molar-refractivity contribution < 1.29 is 56.7 Å². The molecule has 3 aromatic rings. The summed E-state index contributed by atoms with van der Waals surface area (Å²) < 4.78 is 44.9. The van der Waals surface area contributed by atoms with E-state index in [0.717, 1.165) is 109 Å². The van der Waals surface area contributed by atoms with Gasteiger partial charge in [-0.05, 0) is 123 Å². The molecule has 0 saturated carbocycles. The Hall–Kier alpha value is -3.72. The molecule has 0 aromatic heterocycles. The zero-order valence-electron chi connectivity index (χ0n) is 38.6. The van der Waals surface area contributed by atoms with Crippen LogP contribution in [0.4, 0.5) is 17.1 Å². The van der Waals surface area contributed by atoms with Crippen molar-refractivity contribution in [1.82, 2.24) is 0 Å². The summed E-state index contributed by atoms with van der Waals surface area (Å²) in [6, 6.07) is 19.2. The van der Waals surface area contributed by atoms with E-state index in [-0.39, 0.29) is 24.0 Å². The van der Waals surface area contributed by atoms with Crippen molar-refractivity contribution in [2.45, 2.75) is 103 Å². The van der Waals surface area contributed by atoms with Gasteiger partial charge < -0.3 is 14.9 Å². The number of hydrogen-bond acceptors (Lipinski definition) is 13. The van der Waals surface area contributed by atoms with Crippen LogP contribution in [0.2, 0.25) is 0 Å². The molecule has 14 nitrogen and oxygen atoms in total. The van der Waals surface area contributed by atoms with Crippen molar-refractivity contribution in [2.75, 3.05) is 53.2 Å². The molecule has 1 aliphatic carbocycles. The molecule has 0 bridgehead atoms. The highest BCUT2D eigenvalue weighted by Gasteiger charge is 2.45. The van der Waals surface area contributed by atoms with Gasteiger partial charge in [-0.1, -0.05) is 71.9 Å². The fourth-order valence-corrected chi connectivity index (χ4v) is 11.2. The first-order valence-electron chi connectivity index (χ1n) is 22.8. The van der Waals surface area contributed by atoms with Crippen LogP contribution in [0.3, 0.4) is 0 Å². The number of nitrogens with zero attached hydrogens (tertiary/aromatic N) is 3. The van der Waals surface area contributed by atoms with Gasteiger partial charge in [0, 0.05) is 113 Å². The second-order valence-corrected chi connectivity index (χ2v) is 21.6. The molecule has 6 rings (SSSR count). The lowest BCUT2D eigenvalue weighted by atomic mass is 9.79. The van der Waals surface area contributed by atoms with Crippen molar-refractivity contribution in [2.24, 2.45) is 0 Å². The third-order valence-electron chi connectivity index (χ3n) is 12.9. The standard InChI is InChI=1S/C49H62ClN3O11S3/c1-48(2)40-34-38(51(27-11-31-65-63-61-56)28-12-32-66-64-62-57)22-24-41(40)52(30-13-33-67(58,59)60)43(48)25-20-36-15-10-16-37(47(36)50)21-26-44-49(3,4)46-39-17-8-7-14-35(39)19-23-42(46)53(44)29-9-5-6-18-45(54)55/h7-8,14,17,19-26,34H,5-6,9-13,15-16,18,27-33H2,1-4H3,(H3-,54,55,56,57,58,59,60)/p+1. The SMILES string of the molecule is CC1(C)C(=CC=C2CCCC(C=CC3=[N+](CCCCCC(=O)O)c4ccc5ccccc5c4C3(C)C)=C2Cl)N(CCCS(=O)(=O)O)c2ccc(N(CCCSOOO)CCCSOOO)cc21. The monoisotopic (exact) mass is 1000 g/mol. The topological polar surface area (TPSA) is 179 Å². The lowest BCUT2D eigenvalue weighted by molar-refractivity contribution is -0.438. The Labute approximate surface area is 407 Å². The Balaban J connectivity index is 1.32. The number of unbranched alkanes of at least 4 members (excludes halogenated alkanes) is 2. The molecule has 0 fully saturated rings. The molecular formula is C49H63ClN3O11S3+. The fourth-order valence-electron chi connectivity index (χ4n) is 9.68. The number of aliphatic carboxylic acids is 1.